The number of rotatable bonds is 6. The lowest BCUT2D eigenvalue weighted by atomic mass is 10.1. The van der Waals surface area contributed by atoms with Crippen LogP contribution in [-0.2, 0) is 6.54 Å². The van der Waals surface area contributed by atoms with Crippen LogP contribution in [0, 0.1) is 5.82 Å². The predicted octanol–water partition coefficient (Wildman–Crippen LogP) is 3.49. The molecule has 1 amide bonds. The third-order valence-corrected chi connectivity index (χ3v) is 3.81. The largest absolute Gasteiger partial charge is 0.347 e. The van der Waals surface area contributed by atoms with E-state index in [-0.39, 0.29) is 29.7 Å². The molecule has 7 heteroatoms. The second kappa shape index (κ2) is 8.18. The average Bonchev–Trinajstić information content (AvgIpc) is 2.68. The van der Waals surface area contributed by atoms with Gasteiger partial charge in [0.15, 0.2) is 5.78 Å². The zero-order valence-electron chi connectivity index (χ0n) is 14.6. The van der Waals surface area contributed by atoms with Gasteiger partial charge >= 0.3 is 0 Å². The maximum absolute atomic E-state index is 12.9. The summed E-state index contributed by atoms with van der Waals surface area (Å²) in [5.74, 6) is -0.225. The molecule has 0 aliphatic carbocycles. The molecule has 6 nitrogen and oxygen atoms in total. The van der Waals surface area contributed by atoms with Crippen molar-refractivity contribution in [2.24, 2.45) is 0 Å². The quantitative estimate of drug-likeness (QED) is 0.654. The molecule has 0 saturated heterocycles. The van der Waals surface area contributed by atoms with Crippen molar-refractivity contribution < 1.29 is 14.0 Å². The number of hydrogen-bond donors (Lipinski definition) is 2. The van der Waals surface area contributed by atoms with Gasteiger partial charge in [-0.2, -0.15) is 0 Å². The van der Waals surface area contributed by atoms with Gasteiger partial charge in [0, 0.05) is 17.8 Å². The molecular formula is C20H17FN4O2. The lowest BCUT2D eigenvalue weighted by molar-refractivity contribution is 0.0944. The standard InChI is InChI=1S/C20H17FN4O2/c1-13(26)15-4-8-17(9-5-15)25-19-12-22-18(11-23-19)20(27)24-10-14-2-6-16(21)7-3-14/h2-9,11-12H,10H2,1H3,(H,23,25)(H,24,27). The second-order valence-corrected chi connectivity index (χ2v) is 5.85. The Morgan fingerprint density at radius 1 is 0.963 bits per heavy atom. The Hall–Kier alpha value is -3.61. The topological polar surface area (TPSA) is 84.0 Å². The van der Waals surface area contributed by atoms with E-state index in [0.717, 1.165) is 11.3 Å². The fraction of sp³-hybridized carbons (Fsp3) is 0.100. The number of hydrogen-bond acceptors (Lipinski definition) is 5. The zero-order chi connectivity index (χ0) is 19.2. The van der Waals surface area contributed by atoms with Crippen LogP contribution in [0.15, 0.2) is 60.9 Å². The van der Waals surface area contributed by atoms with Crippen molar-refractivity contribution in [3.05, 3.63) is 83.6 Å². The first-order chi connectivity index (χ1) is 13.0. The van der Waals surface area contributed by atoms with Crippen molar-refractivity contribution in [3.63, 3.8) is 0 Å². The number of carbonyl (C=O) groups is 2. The first-order valence-electron chi connectivity index (χ1n) is 8.24. The molecule has 0 bridgehead atoms. The van der Waals surface area contributed by atoms with E-state index in [2.05, 4.69) is 20.6 Å². The third kappa shape index (κ3) is 4.94. The highest BCUT2D eigenvalue weighted by Gasteiger charge is 2.08. The van der Waals surface area contributed by atoms with Crippen LogP contribution in [0.4, 0.5) is 15.9 Å². The van der Waals surface area contributed by atoms with Gasteiger partial charge in [0.2, 0.25) is 0 Å². The lowest BCUT2D eigenvalue weighted by Gasteiger charge is -2.07. The molecule has 2 N–H and O–H groups in total. The van der Waals surface area contributed by atoms with Crippen molar-refractivity contribution >= 4 is 23.2 Å². The number of anilines is 2. The molecule has 1 heterocycles. The van der Waals surface area contributed by atoms with Crippen LogP contribution >= 0.6 is 0 Å². The van der Waals surface area contributed by atoms with E-state index in [1.54, 1.807) is 36.4 Å². The van der Waals surface area contributed by atoms with Crippen LogP contribution in [-0.4, -0.2) is 21.7 Å². The fourth-order valence-corrected chi connectivity index (χ4v) is 2.32. The Balaban J connectivity index is 1.58. The van der Waals surface area contributed by atoms with Crippen LogP contribution in [0.5, 0.6) is 0 Å². The minimum Gasteiger partial charge on any atom is -0.347 e. The van der Waals surface area contributed by atoms with E-state index in [4.69, 9.17) is 0 Å². The molecule has 2 aromatic carbocycles. The molecule has 0 atom stereocenters. The highest BCUT2D eigenvalue weighted by atomic mass is 19.1. The van der Waals surface area contributed by atoms with Gasteiger partial charge in [-0.1, -0.05) is 12.1 Å². The summed E-state index contributed by atoms with van der Waals surface area (Å²) in [5.41, 5.74) is 2.34. The summed E-state index contributed by atoms with van der Waals surface area (Å²) in [6.45, 7) is 1.77. The van der Waals surface area contributed by atoms with E-state index in [0.29, 0.717) is 11.4 Å². The van der Waals surface area contributed by atoms with E-state index in [1.165, 1.54) is 31.5 Å². The van der Waals surface area contributed by atoms with Gasteiger partial charge < -0.3 is 10.6 Å². The maximum Gasteiger partial charge on any atom is 0.271 e. The molecule has 0 unspecified atom stereocenters. The highest BCUT2D eigenvalue weighted by molar-refractivity contribution is 5.94. The molecule has 1 aromatic heterocycles. The highest BCUT2D eigenvalue weighted by Crippen LogP contribution is 2.15. The first-order valence-corrected chi connectivity index (χ1v) is 8.24. The van der Waals surface area contributed by atoms with Crippen LogP contribution < -0.4 is 10.6 Å². The van der Waals surface area contributed by atoms with Gasteiger partial charge in [0.25, 0.3) is 5.91 Å². The Morgan fingerprint density at radius 2 is 1.67 bits per heavy atom. The molecule has 27 heavy (non-hydrogen) atoms. The summed E-state index contributed by atoms with van der Waals surface area (Å²) in [6.07, 6.45) is 2.82. The van der Waals surface area contributed by atoms with Gasteiger partial charge in [-0.05, 0) is 48.9 Å². The number of amides is 1. The van der Waals surface area contributed by atoms with Crippen molar-refractivity contribution in [1.82, 2.24) is 15.3 Å². The number of nitrogens with zero attached hydrogens (tertiary/aromatic N) is 2. The van der Waals surface area contributed by atoms with Gasteiger partial charge in [0.05, 0.1) is 12.4 Å². The number of benzene rings is 2. The summed E-state index contributed by atoms with van der Waals surface area (Å²) in [6, 6.07) is 12.8. The van der Waals surface area contributed by atoms with Gasteiger partial charge in [-0.15, -0.1) is 0 Å². The number of carbonyl (C=O) groups excluding carboxylic acids is 2. The predicted molar refractivity (Wildman–Crippen MR) is 99.3 cm³/mol. The SMILES string of the molecule is CC(=O)c1ccc(Nc2cnc(C(=O)NCc3ccc(F)cc3)cn2)cc1. The lowest BCUT2D eigenvalue weighted by Crippen LogP contribution is -2.24. The molecule has 0 fully saturated rings. The van der Waals surface area contributed by atoms with Crippen LogP contribution in [0.25, 0.3) is 0 Å². The number of halogens is 1. The summed E-state index contributed by atoms with van der Waals surface area (Å²) in [7, 11) is 0. The summed E-state index contributed by atoms with van der Waals surface area (Å²) in [4.78, 5) is 31.7. The Kier molecular flexibility index (Phi) is 5.51. The zero-order valence-corrected chi connectivity index (χ0v) is 14.6. The molecule has 3 aromatic rings. The average molecular weight is 364 g/mol. The molecule has 0 aliphatic heterocycles. The normalized spacial score (nSPS) is 10.3. The van der Waals surface area contributed by atoms with Crippen molar-refractivity contribution in [2.75, 3.05) is 5.32 Å². The van der Waals surface area contributed by atoms with Crippen molar-refractivity contribution in [1.29, 1.82) is 0 Å². The molecule has 0 spiro atoms. The van der Waals surface area contributed by atoms with E-state index < -0.39 is 0 Å². The number of aromatic nitrogens is 2. The summed E-state index contributed by atoms with van der Waals surface area (Å²) in [5, 5.41) is 5.75. The monoisotopic (exact) mass is 364 g/mol. The molecule has 0 radical (unpaired) electrons. The number of ketones is 1. The molecular weight excluding hydrogens is 347 g/mol. The van der Waals surface area contributed by atoms with E-state index in [9.17, 15) is 14.0 Å². The minimum atomic E-state index is -0.371. The number of nitrogens with one attached hydrogen (secondary N) is 2. The van der Waals surface area contributed by atoms with Gasteiger partial charge in [-0.25, -0.2) is 14.4 Å². The Morgan fingerprint density at radius 3 is 2.26 bits per heavy atom. The van der Waals surface area contributed by atoms with Crippen molar-refractivity contribution in [2.45, 2.75) is 13.5 Å². The van der Waals surface area contributed by atoms with Crippen LogP contribution in [0.3, 0.4) is 0 Å². The molecule has 3 rings (SSSR count). The summed E-state index contributed by atoms with van der Waals surface area (Å²) < 4.78 is 12.9. The third-order valence-electron chi connectivity index (χ3n) is 3.81. The minimum absolute atomic E-state index is 0.00246. The second-order valence-electron chi connectivity index (χ2n) is 5.85. The first kappa shape index (κ1) is 18.2. The van der Waals surface area contributed by atoms with Crippen LogP contribution in [0.2, 0.25) is 0 Å². The Labute approximate surface area is 155 Å². The molecule has 0 aliphatic rings. The maximum atomic E-state index is 12.9. The smallest absolute Gasteiger partial charge is 0.271 e. The number of Topliss-reactive ketones (excluding diaryl/α,β-unsaturated/α-hetero) is 1. The fourth-order valence-electron chi connectivity index (χ4n) is 2.32. The van der Waals surface area contributed by atoms with Gasteiger partial charge in [-0.3, -0.25) is 9.59 Å². The van der Waals surface area contributed by atoms with E-state index >= 15 is 0 Å². The van der Waals surface area contributed by atoms with Gasteiger partial charge in [0.1, 0.15) is 17.3 Å². The van der Waals surface area contributed by atoms with Crippen LogP contribution in [0.1, 0.15) is 33.3 Å². The molecule has 0 saturated carbocycles. The van der Waals surface area contributed by atoms with Crippen molar-refractivity contribution in [3.8, 4) is 0 Å². The Bertz CT molecular complexity index is 939. The molecule has 136 valence electrons. The summed E-state index contributed by atoms with van der Waals surface area (Å²) >= 11 is 0. The van der Waals surface area contributed by atoms with E-state index in [1.807, 2.05) is 0 Å².